The number of para-hydroxylation sites is 2. The van der Waals surface area contributed by atoms with Crippen molar-refractivity contribution >= 4 is 23.2 Å². The van der Waals surface area contributed by atoms with Crippen LogP contribution in [-0.4, -0.2) is 42.4 Å². The van der Waals surface area contributed by atoms with Gasteiger partial charge in [0.1, 0.15) is 0 Å². The van der Waals surface area contributed by atoms with Gasteiger partial charge in [0.2, 0.25) is 11.8 Å². The predicted molar refractivity (Wildman–Crippen MR) is 96.1 cm³/mol. The van der Waals surface area contributed by atoms with Crippen molar-refractivity contribution in [2.75, 3.05) is 23.8 Å². The molecular formula is C19H27N3O2. The summed E-state index contributed by atoms with van der Waals surface area (Å²) in [5.74, 6) is 0.0328. The minimum Gasteiger partial charge on any atom is -0.324 e. The zero-order chi connectivity index (χ0) is 17.1. The van der Waals surface area contributed by atoms with Crippen molar-refractivity contribution in [2.24, 2.45) is 0 Å². The topological polar surface area (TPSA) is 52.7 Å². The number of anilines is 2. The number of carbonyl (C=O) groups excluding carboxylic acids is 2. The van der Waals surface area contributed by atoms with Crippen LogP contribution in [0.4, 0.5) is 11.4 Å². The first-order valence-electron chi connectivity index (χ1n) is 8.97. The number of rotatable bonds is 3. The Morgan fingerprint density at radius 3 is 2.71 bits per heavy atom. The lowest BCUT2D eigenvalue weighted by atomic mass is 9.94. The highest BCUT2D eigenvalue weighted by Crippen LogP contribution is 2.31. The molecule has 5 nitrogen and oxygen atoms in total. The van der Waals surface area contributed by atoms with Gasteiger partial charge in [-0.1, -0.05) is 31.4 Å². The van der Waals surface area contributed by atoms with Crippen LogP contribution in [0, 0.1) is 0 Å². The van der Waals surface area contributed by atoms with Crippen LogP contribution in [0.3, 0.4) is 0 Å². The second kappa shape index (κ2) is 7.34. The third-order valence-corrected chi connectivity index (χ3v) is 5.21. The van der Waals surface area contributed by atoms with Crippen molar-refractivity contribution in [3.05, 3.63) is 24.3 Å². The first-order chi connectivity index (χ1) is 11.6. The molecule has 0 aromatic heterocycles. The molecule has 2 aliphatic rings. The van der Waals surface area contributed by atoms with E-state index in [4.69, 9.17) is 0 Å². The molecule has 1 atom stereocenters. The van der Waals surface area contributed by atoms with Crippen LogP contribution >= 0.6 is 0 Å². The molecule has 0 radical (unpaired) electrons. The van der Waals surface area contributed by atoms with E-state index in [9.17, 15) is 9.59 Å². The predicted octanol–water partition coefficient (Wildman–Crippen LogP) is 3.01. The number of carbonyl (C=O) groups is 2. The molecule has 0 spiro atoms. The monoisotopic (exact) mass is 329 g/mol. The average Bonchev–Trinajstić information content (AvgIpc) is 2.69. The summed E-state index contributed by atoms with van der Waals surface area (Å²) in [6.07, 6.45) is 6.50. The van der Waals surface area contributed by atoms with Gasteiger partial charge in [0.25, 0.3) is 0 Å². The summed E-state index contributed by atoms with van der Waals surface area (Å²) >= 11 is 0. The highest BCUT2D eigenvalue weighted by Gasteiger charge is 2.31. The van der Waals surface area contributed by atoms with Crippen molar-refractivity contribution in [1.29, 1.82) is 0 Å². The number of nitrogens with zero attached hydrogens (tertiary/aromatic N) is 2. The highest BCUT2D eigenvalue weighted by atomic mass is 16.2. The number of likely N-dealkylation sites (N-methyl/N-ethyl adjacent to an activating group) is 1. The van der Waals surface area contributed by atoms with Crippen LogP contribution in [0.2, 0.25) is 0 Å². The Hall–Kier alpha value is -1.88. The molecule has 0 unspecified atom stereocenters. The Labute approximate surface area is 144 Å². The van der Waals surface area contributed by atoms with E-state index in [1.807, 2.05) is 38.2 Å². The molecule has 1 saturated carbocycles. The van der Waals surface area contributed by atoms with Gasteiger partial charge in [-0.05, 0) is 38.9 Å². The summed E-state index contributed by atoms with van der Waals surface area (Å²) in [6.45, 7) is 2.34. The van der Waals surface area contributed by atoms with Crippen molar-refractivity contribution in [3.8, 4) is 0 Å². The van der Waals surface area contributed by atoms with Crippen molar-refractivity contribution in [1.82, 2.24) is 4.90 Å². The molecular weight excluding hydrogens is 302 g/mol. The molecule has 1 aliphatic heterocycles. The first-order valence-corrected chi connectivity index (χ1v) is 8.97. The Bertz CT molecular complexity index is 610. The Morgan fingerprint density at radius 1 is 1.25 bits per heavy atom. The average molecular weight is 329 g/mol. The summed E-state index contributed by atoms with van der Waals surface area (Å²) in [7, 11) is 2.05. The van der Waals surface area contributed by atoms with Gasteiger partial charge in [0.15, 0.2) is 0 Å². The lowest BCUT2D eigenvalue weighted by molar-refractivity contribution is -0.120. The van der Waals surface area contributed by atoms with Gasteiger partial charge in [-0.15, -0.1) is 0 Å². The minimum absolute atomic E-state index is 0.0362. The minimum atomic E-state index is -0.138. The first kappa shape index (κ1) is 17.0. The fourth-order valence-electron chi connectivity index (χ4n) is 3.91. The number of benzene rings is 1. The summed E-state index contributed by atoms with van der Waals surface area (Å²) in [5.41, 5.74) is 1.53. The van der Waals surface area contributed by atoms with E-state index < -0.39 is 0 Å². The maximum absolute atomic E-state index is 13.0. The third kappa shape index (κ3) is 3.61. The molecule has 1 N–H and O–H groups in total. The zero-order valence-electron chi connectivity index (χ0n) is 14.6. The van der Waals surface area contributed by atoms with Gasteiger partial charge in [0, 0.05) is 18.5 Å². The molecule has 0 bridgehead atoms. The molecule has 1 aromatic carbocycles. The largest absolute Gasteiger partial charge is 0.324 e. The van der Waals surface area contributed by atoms with Crippen LogP contribution in [0.1, 0.15) is 45.4 Å². The third-order valence-electron chi connectivity index (χ3n) is 5.21. The van der Waals surface area contributed by atoms with Crippen molar-refractivity contribution in [3.63, 3.8) is 0 Å². The SMILES string of the molecule is C[C@H]1CC(=O)Nc2ccccc2N1C(=O)CN(C)C1CCCCC1. The molecule has 24 heavy (non-hydrogen) atoms. The summed E-state index contributed by atoms with van der Waals surface area (Å²) in [4.78, 5) is 29.1. The Morgan fingerprint density at radius 2 is 1.96 bits per heavy atom. The fourth-order valence-corrected chi connectivity index (χ4v) is 3.91. The lowest BCUT2D eigenvalue weighted by Crippen LogP contribution is -2.46. The molecule has 1 heterocycles. The Kier molecular flexibility index (Phi) is 5.19. The standard InChI is InChI=1S/C19H27N3O2/c1-14-12-18(23)20-16-10-6-7-11-17(16)22(14)19(24)13-21(2)15-8-4-3-5-9-15/h6-7,10-11,14-15H,3-5,8-9,12-13H2,1-2H3,(H,20,23)/t14-/m0/s1. The van der Waals surface area contributed by atoms with E-state index in [-0.39, 0.29) is 17.9 Å². The van der Waals surface area contributed by atoms with Crippen LogP contribution in [0.25, 0.3) is 0 Å². The molecule has 3 rings (SSSR count). The van der Waals surface area contributed by atoms with E-state index in [0.717, 1.165) is 11.4 Å². The van der Waals surface area contributed by atoms with Crippen molar-refractivity contribution < 1.29 is 9.59 Å². The number of hydrogen-bond acceptors (Lipinski definition) is 3. The van der Waals surface area contributed by atoms with Crippen molar-refractivity contribution in [2.45, 2.75) is 57.5 Å². The van der Waals surface area contributed by atoms with E-state index >= 15 is 0 Å². The van der Waals surface area contributed by atoms with E-state index in [1.165, 1.54) is 32.1 Å². The lowest BCUT2D eigenvalue weighted by Gasteiger charge is -2.34. The smallest absolute Gasteiger partial charge is 0.241 e. The van der Waals surface area contributed by atoms with Crippen LogP contribution in [0.15, 0.2) is 24.3 Å². The molecule has 1 fully saturated rings. The van der Waals surface area contributed by atoms with Gasteiger partial charge in [-0.3, -0.25) is 14.5 Å². The number of amides is 2. The van der Waals surface area contributed by atoms with Gasteiger partial charge < -0.3 is 10.2 Å². The Balaban J connectivity index is 1.78. The number of nitrogens with one attached hydrogen (secondary N) is 1. The maximum atomic E-state index is 13.0. The van der Waals surface area contributed by atoms with E-state index in [1.54, 1.807) is 4.90 Å². The molecule has 130 valence electrons. The van der Waals surface area contributed by atoms with Crippen LogP contribution < -0.4 is 10.2 Å². The highest BCUT2D eigenvalue weighted by molar-refractivity contribution is 6.04. The molecule has 2 amide bonds. The van der Waals surface area contributed by atoms with Gasteiger partial charge in [0.05, 0.1) is 17.9 Å². The van der Waals surface area contributed by atoms with Gasteiger partial charge in [-0.25, -0.2) is 0 Å². The molecule has 5 heteroatoms. The summed E-state index contributed by atoms with van der Waals surface area (Å²) in [6, 6.07) is 7.92. The van der Waals surface area contributed by atoms with E-state index in [0.29, 0.717) is 19.0 Å². The quantitative estimate of drug-likeness (QED) is 0.927. The maximum Gasteiger partial charge on any atom is 0.241 e. The second-order valence-electron chi connectivity index (χ2n) is 7.09. The van der Waals surface area contributed by atoms with E-state index in [2.05, 4.69) is 10.2 Å². The number of hydrogen-bond donors (Lipinski definition) is 1. The second-order valence-corrected chi connectivity index (χ2v) is 7.09. The summed E-state index contributed by atoms with van der Waals surface area (Å²) < 4.78 is 0. The summed E-state index contributed by atoms with van der Waals surface area (Å²) in [5, 5.41) is 2.91. The van der Waals surface area contributed by atoms with Crippen LogP contribution in [0.5, 0.6) is 0 Å². The van der Waals surface area contributed by atoms with Gasteiger partial charge in [-0.2, -0.15) is 0 Å². The van der Waals surface area contributed by atoms with Gasteiger partial charge >= 0.3 is 0 Å². The zero-order valence-corrected chi connectivity index (χ0v) is 14.6. The molecule has 1 aromatic rings. The fraction of sp³-hybridized carbons (Fsp3) is 0.579. The number of fused-ring (bicyclic) bond motifs is 1. The molecule has 1 aliphatic carbocycles. The molecule has 0 saturated heterocycles. The normalized spacial score (nSPS) is 22.0. The van der Waals surface area contributed by atoms with Crippen LogP contribution in [-0.2, 0) is 9.59 Å².